The van der Waals surface area contributed by atoms with Gasteiger partial charge in [0.15, 0.2) is 11.4 Å². The Bertz CT molecular complexity index is 1490. The fourth-order valence-electron chi connectivity index (χ4n) is 4.23. The van der Waals surface area contributed by atoms with Crippen LogP contribution in [0.1, 0.15) is 11.3 Å². The lowest BCUT2D eigenvalue weighted by atomic mass is 10.0. The number of para-hydroxylation sites is 3. The van der Waals surface area contributed by atoms with E-state index in [1.165, 1.54) is 5.39 Å². The van der Waals surface area contributed by atoms with Gasteiger partial charge in [0.1, 0.15) is 5.82 Å². The Hall–Kier alpha value is -3.97. The highest BCUT2D eigenvalue weighted by atomic mass is 15.1. The molecule has 144 valence electrons. The zero-order chi connectivity index (χ0) is 20.8. The molecule has 3 aromatic carbocycles. The first kappa shape index (κ1) is 18.1. The van der Waals surface area contributed by atoms with Gasteiger partial charge < -0.3 is 4.57 Å². The summed E-state index contributed by atoms with van der Waals surface area (Å²) in [4.78, 5) is 8.67. The number of hydrogen-bond donors (Lipinski definition) is 0. The zero-order valence-electron chi connectivity index (χ0n) is 17.2. The van der Waals surface area contributed by atoms with Crippen LogP contribution in [0.25, 0.3) is 43.9 Å². The smallest absolute Gasteiger partial charge is 0.218 e. The van der Waals surface area contributed by atoms with Crippen molar-refractivity contribution >= 4 is 27.6 Å². The highest BCUT2D eigenvalue weighted by molar-refractivity contribution is 5.83. The Morgan fingerprint density at radius 1 is 0.933 bits per heavy atom. The summed E-state index contributed by atoms with van der Waals surface area (Å²) in [5.41, 5.74) is 7.99. The van der Waals surface area contributed by atoms with E-state index in [1.54, 1.807) is 0 Å². The molecule has 0 amide bonds. The number of aryl methyl sites for hydroxylation is 2. The number of benzene rings is 3. The predicted molar refractivity (Wildman–Crippen MR) is 121 cm³/mol. The normalized spacial score (nSPS) is 11.1. The van der Waals surface area contributed by atoms with Crippen LogP contribution in [0.5, 0.6) is 0 Å². The van der Waals surface area contributed by atoms with Gasteiger partial charge >= 0.3 is 0 Å². The predicted octanol–water partition coefficient (Wildman–Crippen LogP) is 5.84. The molecule has 0 atom stereocenters. The van der Waals surface area contributed by atoms with Crippen LogP contribution in [0.2, 0.25) is 0 Å². The number of pyridine rings is 1. The molecule has 0 saturated heterocycles. The Labute approximate surface area is 175 Å². The van der Waals surface area contributed by atoms with Crippen LogP contribution in [-0.2, 0) is 7.05 Å². The molecule has 30 heavy (non-hydrogen) atoms. The van der Waals surface area contributed by atoms with E-state index >= 15 is 0 Å². The molecule has 2 heterocycles. The Morgan fingerprint density at radius 3 is 2.50 bits per heavy atom. The summed E-state index contributed by atoms with van der Waals surface area (Å²) in [6, 6.07) is 24.7. The molecule has 4 nitrogen and oxygen atoms in total. The van der Waals surface area contributed by atoms with E-state index in [1.807, 2.05) is 37.4 Å². The van der Waals surface area contributed by atoms with Gasteiger partial charge in [-0.1, -0.05) is 24.3 Å². The van der Waals surface area contributed by atoms with Gasteiger partial charge in [0.05, 0.1) is 17.6 Å². The first-order valence-electron chi connectivity index (χ1n) is 9.93. The molecule has 2 aromatic heterocycles. The average Bonchev–Trinajstić information content (AvgIpc) is 3.11. The maximum absolute atomic E-state index is 7.70. The standard InChI is InChI=1S/C26H21N4/c1-17-13-14-19-9-5-7-11-23(19)30(17)25-16-20(27-3)15-21(18(25)2)26-28-22-10-6-8-12-24(22)29(26)4/h5-16H,1-2,4H3/q+1. The maximum Gasteiger partial charge on any atom is 0.218 e. The molecule has 4 heteroatoms. The van der Waals surface area contributed by atoms with E-state index in [0.717, 1.165) is 44.9 Å². The first-order valence-corrected chi connectivity index (χ1v) is 9.93. The lowest BCUT2D eigenvalue weighted by molar-refractivity contribution is -0.574. The van der Waals surface area contributed by atoms with E-state index in [9.17, 15) is 0 Å². The summed E-state index contributed by atoms with van der Waals surface area (Å²) in [6.07, 6.45) is 0. The van der Waals surface area contributed by atoms with Crippen molar-refractivity contribution in [2.75, 3.05) is 0 Å². The summed E-state index contributed by atoms with van der Waals surface area (Å²) in [5.74, 6) is 0.874. The van der Waals surface area contributed by atoms with E-state index in [2.05, 4.69) is 70.3 Å². The zero-order valence-corrected chi connectivity index (χ0v) is 17.2. The summed E-state index contributed by atoms with van der Waals surface area (Å²) in [7, 11) is 2.03. The van der Waals surface area contributed by atoms with Gasteiger partial charge in [-0.15, -0.1) is 0 Å². The van der Waals surface area contributed by atoms with Crippen molar-refractivity contribution in [3.05, 3.63) is 95.5 Å². The summed E-state index contributed by atoms with van der Waals surface area (Å²) in [6.45, 7) is 11.9. The minimum Gasteiger partial charge on any atom is -0.327 e. The Kier molecular flexibility index (Phi) is 4.11. The third-order valence-electron chi connectivity index (χ3n) is 5.80. The number of hydrogen-bond acceptors (Lipinski definition) is 1. The second-order valence-electron chi connectivity index (χ2n) is 7.60. The van der Waals surface area contributed by atoms with Gasteiger partial charge in [0.2, 0.25) is 11.2 Å². The van der Waals surface area contributed by atoms with Crippen LogP contribution in [0.15, 0.2) is 72.8 Å². The molecule has 0 unspecified atom stereocenters. The third-order valence-corrected chi connectivity index (χ3v) is 5.80. The highest BCUT2D eigenvalue weighted by Crippen LogP contribution is 2.33. The number of aromatic nitrogens is 3. The number of rotatable bonds is 2. The molecule has 0 spiro atoms. The summed E-state index contributed by atoms with van der Waals surface area (Å²) in [5, 5.41) is 1.17. The number of fused-ring (bicyclic) bond motifs is 2. The molecule has 0 radical (unpaired) electrons. The van der Waals surface area contributed by atoms with Gasteiger partial charge in [-0.25, -0.2) is 9.83 Å². The largest absolute Gasteiger partial charge is 0.327 e. The minimum atomic E-state index is 0.609. The number of nitrogens with zero attached hydrogens (tertiary/aromatic N) is 4. The molecule has 0 aliphatic rings. The molecule has 0 N–H and O–H groups in total. The molecule has 5 rings (SSSR count). The van der Waals surface area contributed by atoms with Crippen molar-refractivity contribution in [2.24, 2.45) is 7.05 Å². The van der Waals surface area contributed by atoms with E-state index in [0.29, 0.717) is 5.69 Å². The second-order valence-corrected chi connectivity index (χ2v) is 7.60. The number of imidazole rings is 1. The van der Waals surface area contributed by atoms with Crippen molar-refractivity contribution in [1.82, 2.24) is 9.55 Å². The van der Waals surface area contributed by atoms with Crippen molar-refractivity contribution in [2.45, 2.75) is 13.8 Å². The molecular weight excluding hydrogens is 368 g/mol. The third kappa shape index (κ3) is 2.67. The first-order chi connectivity index (χ1) is 14.6. The van der Waals surface area contributed by atoms with E-state index in [4.69, 9.17) is 11.6 Å². The molecule has 0 bridgehead atoms. The fourth-order valence-corrected chi connectivity index (χ4v) is 4.23. The van der Waals surface area contributed by atoms with Crippen LogP contribution < -0.4 is 4.57 Å². The summed E-state index contributed by atoms with van der Waals surface area (Å²) < 4.78 is 4.35. The van der Waals surface area contributed by atoms with Gasteiger partial charge in [-0.05, 0) is 37.3 Å². The van der Waals surface area contributed by atoms with Gasteiger partial charge in [0, 0.05) is 48.7 Å². The van der Waals surface area contributed by atoms with Crippen LogP contribution in [0, 0.1) is 20.4 Å². The molecular formula is C26H21N4+. The van der Waals surface area contributed by atoms with Crippen molar-refractivity contribution < 1.29 is 4.57 Å². The molecule has 5 aromatic rings. The molecule has 0 saturated carbocycles. The second kappa shape index (κ2) is 6.82. The van der Waals surface area contributed by atoms with E-state index in [-0.39, 0.29) is 0 Å². The van der Waals surface area contributed by atoms with Crippen molar-refractivity contribution in [3.63, 3.8) is 0 Å². The van der Waals surface area contributed by atoms with Crippen LogP contribution in [0.4, 0.5) is 5.69 Å². The molecule has 0 fully saturated rings. The SMILES string of the molecule is [C-]#[N+]c1cc(-c2nc3ccccc3n2C)c(C)c(-[n+]2c(C)ccc3ccccc32)c1. The maximum atomic E-state index is 7.70. The van der Waals surface area contributed by atoms with Crippen LogP contribution in [0.3, 0.4) is 0 Å². The monoisotopic (exact) mass is 389 g/mol. The summed E-state index contributed by atoms with van der Waals surface area (Å²) >= 11 is 0. The highest BCUT2D eigenvalue weighted by Gasteiger charge is 2.23. The molecule has 0 aliphatic carbocycles. The van der Waals surface area contributed by atoms with E-state index < -0.39 is 0 Å². The topological polar surface area (TPSA) is 26.1 Å². The van der Waals surface area contributed by atoms with Crippen molar-refractivity contribution in [3.8, 4) is 17.1 Å². The van der Waals surface area contributed by atoms with Crippen LogP contribution in [-0.4, -0.2) is 9.55 Å². The van der Waals surface area contributed by atoms with Crippen LogP contribution >= 0.6 is 0 Å². The van der Waals surface area contributed by atoms with Gasteiger partial charge in [-0.3, -0.25) is 0 Å². The van der Waals surface area contributed by atoms with Gasteiger partial charge in [0.25, 0.3) is 0 Å². The Balaban J connectivity index is 1.86. The van der Waals surface area contributed by atoms with Gasteiger partial charge in [-0.2, -0.15) is 4.57 Å². The quantitative estimate of drug-likeness (QED) is 0.275. The van der Waals surface area contributed by atoms with Crippen molar-refractivity contribution in [1.29, 1.82) is 0 Å². The Morgan fingerprint density at radius 2 is 1.70 bits per heavy atom. The average molecular weight is 389 g/mol. The minimum absolute atomic E-state index is 0.609. The fraction of sp³-hybridized carbons (Fsp3) is 0.115. The lowest BCUT2D eigenvalue weighted by Gasteiger charge is -2.12. The molecule has 0 aliphatic heterocycles. The lowest BCUT2D eigenvalue weighted by Crippen LogP contribution is -2.36.